The molecule has 1 spiro atoms. The maximum atomic E-state index is 12.2. The van der Waals surface area contributed by atoms with E-state index >= 15 is 0 Å². The van der Waals surface area contributed by atoms with Crippen molar-refractivity contribution in [3.63, 3.8) is 0 Å². The zero-order valence-electron chi connectivity index (χ0n) is 11.2. The molecule has 1 amide bonds. The van der Waals surface area contributed by atoms with Gasteiger partial charge in [-0.1, -0.05) is 0 Å². The van der Waals surface area contributed by atoms with Crippen LogP contribution in [0.1, 0.15) is 40.0 Å². The van der Waals surface area contributed by atoms with Crippen LogP contribution in [0.25, 0.3) is 0 Å². The molecule has 4 nitrogen and oxygen atoms in total. The average Bonchev–Trinajstić information content (AvgIpc) is 2.42. The lowest BCUT2D eigenvalue weighted by atomic mass is 9.84. The lowest BCUT2D eigenvalue weighted by molar-refractivity contribution is -0.170. The fourth-order valence-corrected chi connectivity index (χ4v) is 3.29. The lowest BCUT2D eigenvalue weighted by Gasteiger charge is -2.53. The highest BCUT2D eigenvalue weighted by Crippen LogP contribution is 2.36. The highest BCUT2D eigenvalue weighted by molar-refractivity contribution is 5.80. The van der Waals surface area contributed by atoms with Gasteiger partial charge in [-0.05, 0) is 53.1 Å². The van der Waals surface area contributed by atoms with Crippen molar-refractivity contribution in [2.24, 2.45) is 0 Å². The van der Waals surface area contributed by atoms with Gasteiger partial charge in [0.15, 0.2) is 0 Å². The molecule has 2 heterocycles. The van der Waals surface area contributed by atoms with Crippen LogP contribution in [0.4, 0.5) is 0 Å². The predicted molar refractivity (Wildman–Crippen MR) is 66.9 cm³/mol. The van der Waals surface area contributed by atoms with Crippen LogP contribution in [-0.2, 0) is 9.53 Å². The van der Waals surface area contributed by atoms with Gasteiger partial charge in [-0.3, -0.25) is 4.79 Å². The molecule has 0 radical (unpaired) electrons. The summed E-state index contributed by atoms with van der Waals surface area (Å²) in [7, 11) is 0. The van der Waals surface area contributed by atoms with Gasteiger partial charge in [0.25, 0.3) is 0 Å². The summed E-state index contributed by atoms with van der Waals surface area (Å²) in [5.74, 6) is 0.144. The van der Waals surface area contributed by atoms with Gasteiger partial charge in [0, 0.05) is 5.54 Å². The molecule has 98 valence electrons. The number of hydrogen-bond acceptors (Lipinski definition) is 3. The van der Waals surface area contributed by atoms with E-state index in [0.29, 0.717) is 6.61 Å². The fourth-order valence-electron chi connectivity index (χ4n) is 3.29. The Kier molecular flexibility index (Phi) is 3.46. The molecule has 4 heteroatoms. The van der Waals surface area contributed by atoms with Crippen molar-refractivity contribution in [3.8, 4) is 0 Å². The SMILES string of the molecule is CC(C)(C)N1C(=O)COCC12CCCNCC2. The van der Waals surface area contributed by atoms with E-state index in [1.165, 1.54) is 0 Å². The highest BCUT2D eigenvalue weighted by atomic mass is 16.5. The van der Waals surface area contributed by atoms with Crippen molar-refractivity contribution in [2.45, 2.75) is 51.1 Å². The van der Waals surface area contributed by atoms with E-state index in [2.05, 4.69) is 31.0 Å². The quantitative estimate of drug-likeness (QED) is 0.691. The summed E-state index contributed by atoms with van der Waals surface area (Å²) in [6.45, 7) is 9.32. The molecule has 2 aliphatic rings. The Bertz CT molecular complexity index is 288. The van der Waals surface area contributed by atoms with E-state index in [0.717, 1.165) is 32.4 Å². The van der Waals surface area contributed by atoms with Crippen molar-refractivity contribution in [1.82, 2.24) is 10.2 Å². The molecule has 2 rings (SSSR count). The van der Waals surface area contributed by atoms with Crippen LogP contribution in [-0.4, -0.2) is 48.2 Å². The summed E-state index contributed by atoms with van der Waals surface area (Å²) in [4.78, 5) is 14.3. The minimum absolute atomic E-state index is 0.0862. The van der Waals surface area contributed by atoms with Crippen molar-refractivity contribution in [1.29, 1.82) is 0 Å². The van der Waals surface area contributed by atoms with Crippen LogP contribution in [0.5, 0.6) is 0 Å². The van der Waals surface area contributed by atoms with Gasteiger partial charge >= 0.3 is 0 Å². The van der Waals surface area contributed by atoms with Crippen LogP contribution in [0.2, 0.25) is 0 Å². The second-order valence-electron chi connectivity index (χ2n) is 6.22. The largest absolute Gasteiger partial charge is 0.369 e. The van der Waals surface area contributed by atoms with E-state index in [4.69, 9.17) is 4.74 Å². The van der Waals surface area contributed by atoms with Crippen molar-refractivity contribution in [2.75, 3.05) is 26.3 Å². The summed E-state index contributed by atoms with van der Waals surface area (Å²) in [5.41, 5.74) is -0.206. The summed E-state index contributed by atoms with van der Waals surface area (Å²) < 4.78 is 5.54. The first kappa shape index (κ1) is 12.8. The Morgan fingerprint density at radius 2 is 2.06 bits per heavy atom. The third-order valence-corrected chi connectivity index (χ3v) is 3.75. The van der Waals surface area contributed by atoms with Crippen LogP contribution < -0.4 is 5.32 Å². The number of rotatable bonds is 0. The van der Waals surface area contributed by atoms with Crippen LogP contribution in [0, 0.1) is 0 Å². The predicted octanol–water partition coefficient (Wildman–Crippen LogP) is 1.16. The molecule has 0 bridgehead atoms. The standard InChI is InChI=1S/C13H24N2O2/c1-12(2,3)15-11(16)9-17-10-13(15)5-4-7-14-8-6-13/h14H,4-10H2,1-3H3. The number of ether oxygens (including phenoxy) is 1. The van der Waals surface area contributed by atoms with Gasteiger partial charge < -0.3 is 15.0 Å². The molecule has 0 aromatic rings. The number of hydrogen-bond donors (Lipinski definition) is 1. The van der Waals surface area contributed by atoms with Crippen molar-refractivity contribution >= 4 is 5.91 Å². The minimum Gasteiger partial charge on any atom is -0.369 e. The molecule has 2 fully saturated rings. The molecule has 1 atom stereocenters. The summed E-state index contributed by atoms with van der Waals surface area (Å²) >= 11 is 0. The number of carbonyl (C=O) groups excluding carboxylic acids is 1. The Balaban J connectivity index is 2.30. The van der Waals surface area contributed by atoms with Gasteiger partial charge in [0.2, 0.25) is 5.91 Å². The van der Waals surface area contributed by atoms with Crippen LogP contribution in [0.3, 0.4) is 0 Å². The highest BCUT2D eigenvalue weighted by Gasteiger charge is 2.47. The average molecular weight is 240 g/mol. The Morgan fingerprint density at radius 3 is 2.76 bits per heavy atom. The molecular weight excluding hydrogens is 216 g/mol. The smallest absolute Gasteiger partial charge is 0.249 e. The van der Waals surface area contributed by atoms with Gasteiger partial charge in [0.1, 0.15) is 6.61 Å². The molecule has 0 aliphatic carbocycles. The number of carbonyl (C=O) groups is 1. The molecule has 0 saturated carbocycles. The molecule has 1 N–H and O–H groups in total. The minimum atomic E-state index is -0.120. The van der Waals surface area contributed by atoms with Crippen LogP contribution in [0.15, 0.2) is 0 Å². The van der Waals surface area contributed by atoms with Gasteiger partial charge in [-0.15, -0.1) is 0 Å². The number of nitrogens with zero attached hydrogens (tertiary/aromatic N) is 1. The first-order valence-electron chi connectivity index (χ1n) is 6.57. The summed E-state index contributed by atoms with van der Waals surface area (Å²) in [5, 5.41) is 3.41. The van der Waals surface area contributed by atoms with E-state index in [9.17, 15) is 4.79 Å². The van der Waals surface area contributed by atoms with Gasteiger partial charge in [0.05, 0.1) is 12.1 Å². The fraction of sp³-hybridized carbons (Fsp3) is 0.923. The van der Waals surface area contributed by atoms with E-state index in [1.54, 1.807) is 0 Å². The van der Waals surface area contributed by atoms with E-state index in [1.807, 2.05) is 0 Å². The molecule has 17 heavy (non-hydrogen) atoms. The first-order chi connectivity index (χ1) is 7.96. The van der Waals surface area contributed by atoms with Gasteiger partial charge in [-0.2, -0.15) is 0 Å². The third kappa shape index (κ3) is 2.47. The van der Waals surface area contributed by atoms with Crippen LogP contribution >= 0.6 is 0 Å². The molecule has 2 aliphatic heterocycles. The van der Waals surface area contributed by atoms with E-state index < -0.39 is 0 Å². The summed E-state index contributed by atoms with van der Waals surface area (Å²) in [6, 6.07) is 0. The number of amides is 1. The maximum absolute atomic E-state index is 12.2. The zero-order valence-corrected chi connectivity index (χ0v) is 11.2. The Labute approximate surface area is 104 Å². The molecule has 0 aromatic carbocycles. The zero-order chi connectivity index (χ0) is 12.5. The molecular formula is C13H24N2O2. The molecule has 2 saturated heterocycles. The second-order valence-corrected chi connectivity index (χ2v) is 6.22. The molecule has 1 unspecified atom stereocenters. The first-order valence-corrected chi connectivity index (χ1v) is 6.57. The monoisotopic (exact) mass is 240 g/mol. The lowest BCUT2D eigenvalue weighted by Crippen LogP contribution is -2.65. The normalized spacial score (nSPS) is 31.7. The maximum Gasteiger partial charge on any atom is 0.249 e. The third-order valence-electron chi connectivity index (χ3n) is 3.75. The van der Waals surface area contributed by atoms with E-state index in [-0.39, 0.29) is 23.6 Å². The number of nitrogens with one attached hydrogen (secondary N) is 1. The van der Waals surface area contributed by atoms with Gasteiger partial charge in [-0.25, -0.2) is 0 Å². The molecule has 0 aromatic heterocycles. The number of morpholine rings is 1. The Hall–Kier alpha value is -0.610. The second kappa shape index (κ2) is 4.58. The van der Waals surface area contributed by atoms with Crippen molar-refractivity contribution in [3.05, 3.63) is 0 Å². The summed E-state index contributed by atoms with van der Waals surface area (Å²) in [6.07, 6.45) is 3.16. The Morgan fingerprint density at radius 1 is 1.29 bits per heavy atom. The topological polar surface area (TPSA) is 41.6 Å². The van der Waals surface area contributed by atoms with Crippen molar-refractivity contribution < 1.29 is 9.53 Å².